The lowest BCUT2D eigenvalue weighted by Crippen LogP contribution is -2.39. The number of hydrogen-bond donors (Lipinski definition) is 1. The van der Waals surface area contributed by atoms with Gasteiger partial charge in [0, 0.05) is 7.11 Å². The van der Waals surface area contributed by atoms with Crippen molar-refractivity contribution in [1.29, 1.82) is 0 Å². The second-order valence-electron chi connectivity index (χ2n) is 3.05. The Hall–Kier alpha value is -0.160. The van der Waals surface area contributed by atoms with E-state index in [2.05, 4.69) is 0 Å². The van der Waals surface area contributed by atoms with Gasteiger partial charge in [0.15, 0.2) is 6.29 Å². The fourth-order valence-electron chi connectivity index (χ4n) is 1.66. The van der Waals surface area contributed by atoms with Crippen molar-refractivity contribution in [2.75, 3.05) is 7.11 Å². The van der Waals surface area contributed by atoms with Crippen molar-refractivity contribution in [3.63, 3.8) is 0 Å². The zero-order valence-electron chi connectivity index (χ0n) is 6.61. The third-order valence-electron chi connectivity index (χ3n) is 2.31. The molecule has 4 atom stereocenters. The summed E-state index contributed by atoms with van der Waals surface area (Å²) >= 11 is 0. The van der Waals surface area contributed by atoms with Gasteiger partial charge in [0.2, 0.25) is 5.79 Å². The summed E-state index contributed by atoms with van der Waals surface area (Å²) in [7, 11) is 1.59. The Morgan fingerprint density at radius 2 is 2.36 bits per heavy atom. The minimum Gasteiger partial charge on any atom is -0.368 e. The maximum atomic E-state index is 9.19. The average Bonchev–Trinajstić information content (AvgIpc) is 2.64. The molecule has 0 spiro atoms. The minimum absolute atomic E-state index is 0.0101. The number of rotatable bonds is 1. The standard InChI is InChI=1S/C7H12O4/c1-4-6-7(9-2,11-6)3-5(8)10-4/h4-6,8H,3H2,1-2H3/t4?,5-,6+,7?/m1/s1. The number of aliphatic hydroxyl groups excluding tert-OH is 1. The molecule has 0 aromatic carbocycles. The van der Waals surface area contributed by atoms with Crippen LogP contribution in [0.15, 0.2) is 0 Å². The van der Waals surface area contributed by atoms with Crippen molar-refractivity contribution in [3.05, 3.63) is 0 Å². The van der Waals surface area contributed by atoms with Gasteiger partial charge in [-0.05, 0) is 6.92 Å². The molecule has 1 N–H and O–H groups in total. The smallest absolute Gasteiger partial charge is 0.202 e. The van der Waals surface area contributed by atoms with Gasteiger partial charge in [-0.1, -0.05) is 0 Å². The zero-order chi connectivity index (χ0) is 8.06. The zero-order valence-corrected chi connectivity index (χ0v) is 6.61. The Labute approximate surface area is 65.1 Å². The molecule has 0 bridgehead atoms. The molecule has 2 fully saturated rings. The normalized spacial score (nSPS) is 55.4. The third-order valence-corrected chi connectivity index (χ3v) is 2.31. The van der Waals surface area contributed by atoms with E-state index in [0.29, 0.717) is 6.42 Å². The second kappa shape index (κ2) is 2.17. The summed E-state index contributed by atoms with van der Waals surface area (Å²) in [5.41, 5.74) is 0. The van der Waals surface area contributed by atoms with Gasteiger partial charge in [-0.15, -0.1) is 0 Å². The summed E-state index contributed by atoms with van der Waals surface area (Å²) < 4.78 is 15.5. The lowest BCUT2D eigenvalue weighted by molar-refractivity contribution is -0.184. The first-order valence-electron chi connectivity index (χ1n) is 3.74. The number of epoxide rings is 1. The van der Waals surface area contributed by atoms with E-state index in [-0.39, 0.29) is 12.2 Å². The highest BCUT2D eigenvalue weighted by Gasteiger charge is 2.64. The maximum Gasteiger partial charge on any atom is 0.202 e. The minimum atomic E-state index is -0.747. The number of fused-ring (bicyclic) bond motifs is 1. The maximum absolute atomic E-state index is 9.19. The molecule has 64 valence electrons. The summed E-state index contributed by atoms with van der Waals surface area (Å²) in [5, 5.41) is 9.19. The first-order valence-corrected chi connectivity index (χ1v) is 3.74. The van der Waals surface area contributed by atoms with Crippen molar-refractivity contribution in [2.45, 2.75) is 37.6 Å². The van der Waals surface area contributed by atoms with Crippen LogP contribution in [0.1, 0.15) is 13.3 Å². The van der Waals surface area contributed by atoms with E-state index >= 15 is 0 Å². The van der Waals surface area contributed by atoms with Gasteiger partial charge < -0.3 is 19.3 Å². The van der Waals surface area contributed by atoms with Gasteiger partial charge in [-0.3, -0.25) is 0 Å². The first kappa shape index (κ1) is 7.49. The Balaban J connectivity index is 2.08. The van der Waals surface area contributed by atoms with Crippen LogP contribution in [0, 0.1) is 0 Å². The van der Waals surface area contributed by atoms with Crippen LogP contribution in [0.25, 0.3) is 0 Å². The molecule has 2 unspecified atom stereocenters. The van der Waals surface area contributed by atoms with Crippen LogP contribution in [0.5, 0.6) is 0 Å². The summed E-state index contributed by atoms with van der Waals surface area (Å²) in [5.74, 6) is -0.545. The van der Waals surface area contributed by atoms with Crippen molar-refractivity contribution >= 4 is 0 Å². The fourth-order valence-corrected chi connectivity index (χ4v) is 1.66. The monoisotopic (exact) mass is 160 g/mol. The van der Waals surface area contributed by atoms with E-state index in [4.69, 9.17) is 14.2 Å². The fraction of sp³-hybridized carbons (Fsp3) is 1.00. The van der Waals surface area contributed by atoms with E-state index in [1.807, 2.05) is 6.92 Å². The molecule has 4 heteroatoms. The van der Waals surface area contributed by atoms with Gasteiger partial charge in [-0.2, -0.15) is 0 Å². The number of hydrogen-bond acceptors (Lipinski definition) is 4. The topological polar surface area (TPSA) is 51.2 Å². The SMILES string of the molecule is COC12C[C@H](O)OC(C)[C@@H]1O2. The molecule has 0 aromatic heterocycles. The van der Waals surface area contributed by atoms with Crippen LogP contribution in [0.3, 0.4) is 0 Å². The van der Waals surface area contributed by atoms with Gasteiger partial charge in [0.25, 0.3) is 0 Å². The predicted molar refractivity (Wildman–Crippen MR) is 35.8 cm³/mol. The van der Waals surface area contributed by atoms with E-state index in [0.717, 1.165) is 0 Å². The molecular formula is C7H12O4. The van der Waals surface area contributed by atoms with Gasteiger partial charge in [0.1, 0.15) is 6.10 Å². The van der Waals surface area contributed by atoms with Crippen molar-refractivity contribution in [3.8, 4) is 0 Å². The molecule has 11 heavy (non-hydrogen) atoms. The Morgan fingerprint density at radius 3 is 3.00 bits per heavy atom. The molecule has 4 nitrogen and oxygen atoms in total. The molecule has 2 saturated heterocycles. The van der Waals surface area contributed by atoms with Crippen molar-refractivity contribution in [1.82, 2.24) is 0 Å². The summed E-state index contributed by atoms with van der Waals surface area (Å²) in [4.78, 5) is 0. The Kier molecular flexibility index (Phi) is 1.47. The van der Waals surface area contributed by atoms with Crippen molar-refractivity contribution < 1.29 is 19.3 Å². The number of methoxy groups -OCH3 is 1. The van der Waals surface area contributed by atoms with Crippen LogP contribution < -0.4 is 0 Å². The van der Waals surface area contributed by atoms with Crippen LogP contribution in [-0.2, 0) is 14.2 Å². The molecule has 2 heterocycles. The highest BCUT2D eigenvalue weighted by atomic mass is 16.8. The molecule has 2 aliphatic rings. The molecule has 2 rings (SSSR count). The number of ether oxygens (including phenoxy) is 3. The van der Waals surface area contributed by atoms with E-state index in [1.165, 1.54) is 0 Å². The quantitative estimate of drug-likeness (QED) is 0.542. The van der Waals surface area contributed by atoms with E-state index in [1.54, 1.807) is 7.11 Å². The van der Waals surface area contributed by atoms with Gasteiger partial charge in [-0.25, -0.2) is 0 Å². The summed E-state index contributed by atoms with van der Waals surface area (Å²) in [6.07, 6.45) is -0.392. The van der Waals surface area contributed by atoms with E-state index in [9.17, 15) is 5.11 Å². The molecule has 2 aliphatic heterocycles. The Morgan fingerprint density at radius 1 is 1.64 bits per heavy atom. The summed E-state index contributed by atoms with van der Waals surface area (Å²) in [6, 6.07) is 0. The van der Waals surface area contributed by atoms with Crippen LogP contribution in [0.2, 0.25) is 0 Å². The molecule has 0 radical (unpaired) electrons. The van der Waals surface area contributed by atoms with Crippen molar-refractivity contribution in [2.24, 2.45) is 0 Å². The van der Waals surface area contributed by atoms with Gasteiger partial charge >= 0.3 is 0 Å². The second-order valence-corrected chi connectivity index (χ2v) is 3.05. The molecule has 0 amide bonds. The lowest BCUT2D eigenvalue weighted by atomic mass is 10.1. The highest BCUT2D eigenvalue weighted by Crippen LogP contribution is 2.47. The first-order chi connectivity index (χ1) is 5.18. The van der Waals surface area contributed by atoms with Crippen LogP contribution in [-0.4, -0.2) is 36.5 Å². The molecule has 0 aromatic rings. The van der Waals surface area contributed by atoms with Crippen LogP contribution in [0.4, 0.5) is 0 Å². The van der Waals surface area contributed by atoms with Crippen LogP contribution >= 0.6 is 0 Å². The molecule has 0 aliphatic carbocycles. The number of aliphatic hydroxyl groups is 1. The molecular weight excluding hydrogens is 148 g/mol. The average molecular weight is 160 g/mol. The van der Waals surface area contributed by atoms with Gasteiger partial charge in [0.05, 0.1) is 12.5 Å². The van der Waals surface area contributed by atoms with E-state index < -0.39 is 12.1 Å². The largest absolute Gasteiger partial charge is 0.368 e. The Bertz CT molecular complexity index is 172. The predicted octanol–water partition coefficient (Wildman–Crippen LogP) is -0.145. The highest BCUT2D eigenvalue weighted by molar-refractivity contribution is 5.01. The molecule has 0 saturated carbocycles. The third kappa shape index (κ3) is 0.980. The summed E-state index contributed by atoms with van der Waals surface area (Å²) in [6.45, 7) is 1.87. The lowest BCUT2D eigenvalue weighted by Gasteiger charge is -2.25.